The minimum atomic E-state index is -3.40. The van der Waals surface area contributed by atoms with Crippen molar-refractivity contribution in [1.29, 1.82) is 0 Å². The Labute approximate surface area is 144 Å². The van der Waals surface area contributed by atoms with Crippen LogP contribution in [0.2, 0.25) is 0 Å². The van der Waals surface area contributed by atoms with Crippen molar-refractivity contribution in [3.63, 3.8) is 0 Å². The zero-order valence-corrected chi connectivity index (χ0v) is 14.4. The molecule has 0 amide bonds. The summed E-state index contributed by atoms with van der Waals surface area (Å²) >= 11 is 0. The second kappa shape index (κ2) is 7.43. The molecule has 132 valence electrons. The number of sulfonamides is 1. The highest BCUT2D eigenvalue weighted by molar-refractivity contribution is 7.92. The zero-order valence-electron chi connectivity index (χ0n) is 13.6. The molecule has 0 fully saturated rings. The third kappa shape index (κ3) is 4.87. The second-order valence-electron chi connectivity index (χ2n) is 5.29. The van der Waals surface area contributed by atoms with Crippen LogP contribution < -0.4 is 4.31 Å². The van der Waals surface area contributed by atoms with Crippen molar-refractivity contribution in [2.75, 3.05) is 24.2 Å². The Balaban J connectivity index is 2.00. The number of rotatable bonds is 6. The standard InChI is InChI=1S/C17H16FNO5S/c1-19(25(2,22)23)15-8-6-12(7-9-15)16(20)11-24-17(21)13-4-3-5-14(18)10-13/h3-10H,11H2,1-2H3. The highest BCUT2D eigenvalue weighted by atomic mass is 32.2. The first-order valence-electron chi connectivity index (χ1n) is 7.18. The van der Waals surface area contributed by atoms with E-state index in [1.807, 2.05) is 0 Å². The zero-order chi connectivity index (χ0) is 18.6. The molecule has 0 unspecified atom stereocenters. The largest absolute Gasteiger partial charge is 0.454 e. The van der Waals surface area contributed by atoms with E-state index in [-0.39, 0.29) is 11.1 Å². The van der Waals surface area contributed by atoms with Gasteiger partial charge in [-0.1, -0.05) is 6.07 Å². The van der Waals surface area contributed by atoms with Crippen molar-refractivity contribution in [1.82, 2.24) is 0 Å². The maximum absolute atomic E-state index is 13.1. The molecular weight excluding hydrogens is 349 g/mol. The number of anilines is 1. The van der Waals surface area contributed by atoms with E-state index in [9.17, 15) is 22.4 Å². The van der Waals surface area contributed by atoms with Gasteiger partial charge >= 0.3 is 5.97 Å². The van der Waals surface area contributed by atoms with Gasteiger partial charge in [0, 0.05) is 12.6 Å². The first kappa shape index (κ1) is 18.6. The number of halogens is 1. The lowest BCUT2D eigenvalue weighted by Gasteiger charge is -2.16. The van der Waals surface area contributed by atoms with Gasteiger partial charge in [0.25, 0.3) is 0 Å². The molecular formula is C17H16FNO5S. The number of ether oxygens (including phenoxy) is 1. The summed E-state index contributed by atoms with van der Waals surface area (Å²) in [5, 5.41) is 0. The lowest BCUT2D eigenvalue weighted by atomic mass is 10.1. The molecule has 2 aromatic carbocycles. The van der Waals surface area contributed by atoms with Crippen LogP contribution in [-0.4, -0.2) is 40.1 Å². The molecule has 0 heterocycles. The van der Waals surface area contributed by atoms with Crippen LogP contribution in [0.5, 0.6) is 0 Å². The first-order valence-corrected chi connectivity index (χ1v) is 9.03. The van der Waals surface area contributed by atoms with E-state index in [4.69, 9.17) is 4.74 Å². The van der Waals surface area contributed by atoms with Gasteiger partial charge < -0.3 is 4.74 Å². The molecule has 0 N–H and O–H groups in total. The maximum atomic E-state index is 13.1. The van der Waals surface area contributed by atoms with E-state index >= 15 is 0 Å². The van der Waals surface area contributed by atoms with E-state index in [1.165, 1.54) is 49.5 Å². The van der Waals surface area contributed by atoms with Crippen molar-refractivity contribution in [2.24, 2.45) is 0 Å². The van der Waals surface area contributed by atoms with Gasteiger partial charge in [-0.3, -0.25) is 9.10 Å². The summed E-state index contributed by atoms with van der Waals surface area (Å²) in [6.07, 6.45) is 1.07. The van der Waals surface area contributed by atoms with Gasteiger partial charge in [0.05, 0.1) is 17.5 Å². The Morgan fingerprint density at radius 1 is 1.08 bits per heavy atom. The van der Waals surface area contributed by atoms with Gasteiger partial charge in [0.1, 0.15) is 5.82 Å². The monoisotopic (exact) mass is 365 g/mol. The predicted molar refractivity (Wildman–Crippen MR) is 90.7 cm³/mol. The van der Waals surface area contributed by atoms with Gasteiger partial charge in [-0.15, -0.1) is 0 Å². The third-order valence-electron chi connectivity index (χ3n) is 3.45. The number of esters is 1. The average Bonchev–Trinajstić information content (AvgIpc) is 2.58. The fraction of sp³-hybridized carbons (Fsp3) is 0.176. The number of Topliss-reactive ketones (excluding diaryl/α,β-unsaturated/α-hetero) is 1. The summed E-state index contributed by atoms with van der Waals surface area (Å²) in [6.45, 7) is -0.503. The van der Waals surface area contributed by atoms with E-state index in [2.05, 4.69) is 0 Å². The lowest BCUT2D eigenvalue weighted by Crippen LogP contribution is -2.24. The normalized spacial score (nSPS) is 11.0. The molecule has 0 aliphatic carbocycles. The molecule has 0 aliphatic rings. The Hall–Kier alpha value is -2.74. The van der Waals surface area contributed by atoms with Gasteiger partial charge in [0.2, 0.25) is 10.0 Å². The molecule has 2 rings (SSSR count). The van der Waals surface area contributed by atoms with Crippen molar-refractivity contribution in [3.05, 3.63) is 65.5 Å². The average molecular weight is 365 g/mol. The number of nitrogens with zero attached hydrogens (tertiary/aromatic N) is 1. The Bertz CT molecular complexity index is 894. The molecule has 8 heteroatoms. The molecule has 0 aliphatic heterocycles. The number of benzene rings is 2. The van der Waals surface area contributed by atoms with Crippen LogP contribution in [0.3, 0.4) is 0 Å². The molecule has 25 heavy (non-hydrogen) atoms. The number of carbonyl (C=O) groups is 2. The second-order valence-corrected chi connectivity index (χ2v) is 7.30. The van der Waals surface area contributed by atoms with Crippen molar-refractivity contribution >= 4 is 27.5 Å². The molecule has 0 spiro atoms. The summed E-state index contributed by atoms with van der Waals surface area (Å²) in [4.78, 5) is 23.8. The quantitative estimate of drug-likeness (QED) is 0.579. The highest BCUT2D eigenvalue weighted by Gasteiger charge is 2.15. The predicted octanol–water partition coefficient (Wildman–Crippen LogP) is 2.26. The van der Waals surface area contributed by atoms with Crippen molar-refractivity contribution in [3.8, 4) is 0 Å². The molecule has 6 nitrogen and oxygen atoms in total. The molecule has 0 saturated carbocycles. The van der Waals surface area contributed by atoms with Crippen LogP contribution in [0.1, 0.15) is 20.7 Å². The van der Waals surface area contributed by atoms with Crippen molar-refractivity contribution in [2.45, 2.75) is 0 Å². The Morgan fingerprint density at radius 3 is 2.28 bits per heavy atom. The maximum Gasteiger partial charge on any atom is 0.338 e. The molecule has 0 saturated heterocycles. The van der Waals surface area contributed by atoms with Crippen LogP contribution in [0.4, 0.5) is 10.1 Å². The summed E-state index contributed by atoms with van der Waals surface area (Å²) in [5.41, 5.74) is 0.673. The van der Waals surface area contributed by atoms with E-state index in [0.717, 1.165) is 16.6 Å². The first-order chi connectivity index (χ1) is 11.7. The molecule has 2 aromatic rings. The van der Waals surface area contributed by atoms with Gasteiger partial charge in [0.15, 0.2) is 12.4 Å². The minimum absolute atomic E-state index is 0.0120. The molecule has 0 atom stereocenters. The highest BCUT2D eigenvalue weighted by Crippen LogP contribution is 2.16. The molecule has 0 bridgehead atoms. The molecule has 0 radical (unpaired) electrons. The fourth-order valence-electron chi connectivity index (χ4n) is 1.96. The van der Waals surface area contributed by atoms with E-state index in [1.54, 1.807) is 0 Å². The number of hydrogen-bond acceptors (Lipinski definition) is 5. The van der Waals surface area contributed by atoms with Gasteiger partial charge in [-0.2, -0.15) is 0 Å². The number of carbonyl (C=O) groups excluding carboxylic acids is 2. The van der Waals surface area contributed by atoms with Crippen molar-refractivity contribution < 1.29 is 27.1 Å². The number of ketones is 1. The topological polar surface area (TPSA) is 80.8 Å². The Kier molecular flexibility index (Phi) is 5.53. The number of hydrogen-bond donors (Lipinski definition) is 0. The molecule has 0 aromatic heterocycles. The lowest BCUT2D eigenvalue weighted by molar-refractivity contribution is 0.0474. The SMILES string of the molecule is CN(c1ccc(C(=O)COC(=O)c2cccc(F)c2)cc1)S(C)(=O)=O. The van der Waals surface area contributed by atoms with Gasteiger partial charge in [-0.25, -0.2) is 17.6 Å². The van der Waals surface area contributed by atoms with Crippen LogP contribution >= 0.6 is 0 Å². The van der Waals surface area contributed by atoms with Crippen LogP contribution in [-0.2, 0) is 14.8 Å². The minimum Gasteiger partial charge on any atom is -0.454 e. The van der Waals surface area contributed by atoms with E-state index < -0.39 is 34.2 Å². The third-order valence-corrected chi connectivity index (χ3v) is 4.65. The summed E-state index contributed by atoms with van der Waals surface area (Å²) in [6, 6.07) is 10.8. The van der Waals surface area contributed by atoms with Crippen LogP contribution in [0.15, 0.2) is 48.5 Å². The van der Waals surface area contributed by atoms with E-state index in [0.29, 0.717) is 5.69 Å². The summed E-state index contributed by atoms with van der Waals surface area (Å²) in [7, 11) is -2.00. The summed E-state index contributed by atoms with van der Waals surface area (Å²) < 4.78 is 41.9. The summed E-state index contributed by atoms with van der Waals surface area (Å²) in [5.74, 6) is -1.84. The smallest absolute Gasteiger partial charge is 0.338 e. The van der Waals surface area contributed by atoms with Gasteiger partial charge in [-0.05, 0) is 42.5 Å². The fourth-order valence-corrected chi connectivity index (χ4v) is 2.47. The van der Waals surface area contributed by atoms with Crippen LogP contribution in [0.25, 0.3) is 0 Å². The Morgan fingerprint density at radius 2 is 1.72 bits per heavy atom. The van der Waals surface area contributed by atoms with Crippen LogP contribution in [0, 0.1) is 5.82 Å².